The van der Waals surface area contributed by atoms with Gasteiger partial charge in [-0.1, -0.05) is 19.6 Å². The molecule has 0 saturated carbocycles. The maximum atomic E-state index is 5.47. The summed E-state index contributed by atoms with van der Waals surface area (Å²) in [5.41, 5.74) is 3.77. The lowest BCUT2D eigenvalue weighted by Crippen LogP contribution is -2.21. The Morgan fingerprint density at radius 2 is 2.24 bits per heavy atom. The lowest BCUT2D eigenvalue weighted by atomic mass is 10.3. The monoisotopic (exact) mass is 501 g/mol. The molecular formula is C13H21BrIN3OSSi. The van der Waals surface area contributed by atoms with Gasteiger partial charge in [0.1, 0.15) is 13.1 Å². The molecule has 0 amide bonds. The van der Waals surface area contributed by atoms with Crippen LogP contribution in [0.15, 0.2) is 20.6 Å². The number of hydrogen-bond donors (Lipinski definition) is 1. The first-order chi connectivity index (χ1) is 9.79. The molecule has 1 aromatic heterocycles. The minimum absolute atomic E-state index is 0.382. The van der Waals surface area contributed by atoms with E-state index in [-0.39, 0.29) is 0 Å². The van der Waals surface area contributed by atoms with Gasteiger partial charge in [-0.3, -0.25) is 5.43 Å². The Bertz CT molecular complexity index is 514. The summed E-state index contributed by atoms with van der Waals surface area (Å²) in [6.07, 6.45) is 1.57. The van der Waals surface area contributed by atoms with E-state index >= 15 is 0 Å². The van der Waals surface area contributed by atoms with Crippen molar-refractivity contribution < 1.29 is 4.74 Å². The Kier molecular flexibility index (Phi) is 8.61. The fourth-order valence-corrected chi connectivity index (χ4v) is 5.13. The van der Waals surface area contributed by atoms with Gasteiger partial charge < -0.3 is 4.74 Å². The fourth-order valence-electron chi connectivity index (χ4n) is 1.34. The van der Waals surface area contributed by atoms with E-state index in [9.17, 15) is 0 Å². The molecule has 118 valence electrons. The van der Waals surface area contributed by atoms with E-state index in [2.05, 4.69) is 79.7 Å². The molecule has 0 saturated heterocycles. The van der Waals surface area contributed by atoms with E-state index in [1.54, 1.807) is 17.7 Å². The Morgan fingerprint density at radius 3 is 2.81 bits per heavy atom. The zero-order chi connectivity index (χ0) is 15.9. The van der Waals surface area contributed by atoms with Gasteiger partial charge in [-0.15, -0.1) is 11.3 Å². The highest BCUT2D eigenvalue weighted by Crippen LogP contribution is 2.28. The summed E-state index contributed by atoms with van der Waals surface area (Å²) in [6.45, 7) is 10.1. The summed E-state index contributed by atoms with van der Waals surface area (Å²) in [7, 11) is -1.01. The average Bonchev–Trinajstić information content (AvgIpc) is 2.70. The van der Waals surface area contributed by atoms with Gasteiger partial charge in [0.05, 0.1) is 13.5 Å². The highest BCUT2D eigenvalue weighted by atomic mass is 127. The van der Waals surface area contributed by atoms with Crippen molar-refractivity contribution in [2.45, 2.75) is 32.6 Å². The average molecular weight is 502 g/mol. The van der Waals surface area contributed by atoms with Crippen molar-refractivity contribution in [2.24, 2.45) is 10.1 Å². The zero-order valence-corrected chi connectivity index (χ0v) is 18.3. The second kappa shape index (κ2) is 9.38. The lowest BCUT2D eigenvalue weighted by Gasteiger charge is -2.14. The maximum absolute atomic E-state index is 5.47. The van der Waals surface area contributed by atoms with Crippen LogP contribution in [0.3, 0.4) is 0 Å². The number of ether oxygens (including phenoxy) is 1. The van der Waals surface area contributed by atoms with Crippen LogP contribution in [-0.2, 0) is 4.74 Å². The number of aliphatic imine (C=N–C) groups is 1. The first-order valence-electron chi connectivity index (χ1n) is 6.60. The highest BCUT2D eigenvalue weighted by Gasteiger charge is 2.11. The van der Waals surface area contributed by atoms with Crippen molar-refractivity contribution in [3.05, 3.63) is 18.3 Å². The van der Waals surface area contributed by atoms with E-state index in [0.717, 1.165) is 27.7 Å². The van der Waals surface area contributed by atoms with Crippen LogP contribution in [0.5, 0.6) is 0 Å². The highest BCUT2D eigenvalue weighted by molar-refractivity contribution is 14.1. The number of nitrogens with zero attached hydrogens (tertiary/aromatic N) is 2. The quantitative estimate of drug-likeness (QED) is 0.139. The molecule has 0 spiro atoms. The molecule has 1 heterocycles. The predicted octanol–water partition coefficient (Wildman–Crippen LogP) is 4.77. The summed E-state index contributed by atoms with van der Waals surface area (Å²) in [5.74, 6) is 0. The smallest absolute Gasteiger partial charge is 0.139 e. The normalized spacial score (nSPS) is 13.1. The topological polar surface area (TPSA) is 46.0 Å². The third-order valence-electron chi connectivity index (χ3n) is 2.53. The van der Waals surface area contributed by atoms with Crippen molar-refractivity contribution in [1.29, 1.82) is 0 Å². The Labute approximate surface area is 153 Å². The predicted molar refractivity (Wildman–Crippen MR) is 108 cm³/mol. The van der Waals surface area contributed by atoms with Gasteiger partial charge in [-0.25, -0.2) is 4.99 Å². The zero-order valence-electron chi connectivity index (χ0n) is 12.7. The molecule has 4 nitrogen and oxygen atoms in total. The van der Waals surface area contributed by atoms with Crippen LogP contribution >= 0.6 is 49.9 Å². The maximum Gasteiger partial charge on any atom is 0.139 e. The molecule has 0 aliphatic carbocycles. The molecule has 0 aliphatic heterocycles. The van der Waals surface area contributed by atoms with Gasteiger partial charge in [-0.2, -0.15) is 5.10 Å². The van der Waals surface area contributed by atoms with Crippen LogP contribution in [-0.4, -0.2) is 33.5 Å². The summed E-state index contributed by atoms with van der Waals surface area (Å²) in [6, 6.07) is 3.25. The van der Waals surface area contributed by atoms with Gasteiger partial charge in [0.15, 0.2) is 0 Å². The Hall–Kier alpha value is 0.227. The second-order valence-corrected chi connectivity index (χ2v) is 15.1. The molecule has 0 fully saturated rings. The standard InChI is InChI=1S/C13H21BrIN3OSSi/c1-10(13-11(14)7-12(15)20-13)18-17-8-16-9-19-5-6-21(2,3)4/h7-8H,5-6,9H2,1-4H3,(H,16,17)/b18-10+. The SMILES string of the molecule is C/C(=N\N/C=N/COCC[Si](C)(C)C)c1sc(I)cc1Br. The molecule has 0 bridgehead atoms. The molecule has 0 radical (unpaired) electrons. The third-order valence-corrected chi connectivity index (χ3v) is 7.13. The molecule has 1 rings (SSSR count). The fraction of sp³-hybridized carbons (Fsp3) is 0.538. The van der Waals surface area contributed by atoms with E-state index in [1.807, 2.05) is 6.92 Å². The molecule has 1 N–H and O–H groups in total. The first-order valence-corrected chi connectivity index (χ1v) is 13.0. The van der Waals surface area contributed by atoms with Gasteiger partial charge in [0.25, 0.3) is 0 Å². The van der Waals surface area contributed by atoms with E-state index in [1.165, 1.54) is 2.88 Å². The molecule has 0 aromatic carbocycles. The van der Waals surface area contributed by atoms with Crippen LogP contribution in [0.1, 0.15) is 11.8 Å². The van der Waals surface area contributed by atoms with Crippen molar-refractivity contribution >= 4 is 70.0 Å². The van der Waals surface area contributed by atoms with E-state index in [4.69, 9.17) is 4.74 Å². The van der Waals surface area contributed by atoms with E-state index in [0.29, 0.717) is 6.73 Å². The second-order valence-electron chi connectivity index (χ2n) is 5.71. The third kappa shape index (κ3) is 8.43. The molecule has 8 heteroatoms. The number of nitrogens with one attached hydrogen (secondary N) is 1. The molecule has 1 aromatic rings. The van der Waals surface area contributed by atoms with Gasteiger partial charge in [0.2, 0.25) is 0 Å². The van der Waals surface area contributed by atoms with Crippen LogP contribution in [0.25, 0.3) is 0 Å². The van der Waals surface area contributed by atoms with Crippen molar-refractivity contribution in [2.75, 3.05) is 13.3 Å². The molecule has 0 atom stereocenters. The Balaban J connectivity index is 2.27. The molecule has 0 aliphatic rings. The van der Waals surface area contributed by atoms with Gasteiger partial charge in [-0.05, 0) is 57.6 Å². The van der Waals surface area contributed by atoms with Crippen molar-refractivity contribution in [3.63, 3.8) is 0 Å². The van der Waals surface area contributed by atoms with Crippen molar-refractivity contribution in [3.8, 4) is 0 Å². The molecular weight excluding hydrogens is 481 g/mol. The summed E-state index contributed by atoms with van der Waals surface area (Å²) in [5, 5.41) is 4.27. The van der Waals surface area contributed by atoms with Crippen LogP contribution < -0.4 is 5.43 Å². The summed E-state index contributed by atoms with van der Waals surface area (Å²) in [4.78, 5) is 5.26. The van der Waals surface area contributed by atoms with Crippen LogP contribution in [0, 0.1) is 2.88 Å². The number of thiophene rings is 1. The van der Waals surface area contributed by atoms with Crippen LogP contribution in [0.2, 0.25) is 25.7 Å². The molecule has 21 heavy (non-hydrogen) atoms. The van der Waals surface area contributed by atoms with Crippen molar-refractivity contribution in [1.82, 2.24) is 5.43 Å². The number of hydrogen-bond acceptors (Lipinski definition) is 4. The first kappa shape index (κ1) is 19.3. The summed E-state index contributed by atoms with van der Waals surface area (Å²) < 4.78 is 7.77. The van der Waals surface area contributed by atoms with Crippen LogP contribution in [0.4, 0.5) is 0 Å². The van der Waals surface area contributed by atoms with E-state index < -0.39 is 8.07 Å². The molecule has 0 unspecified atom stereocenters. The minimum Gasteiger partial charge on any atom is -0.360 e. The number of hydrazone groups is 1. The van der Waals surface area contributed by atoms with Gasteiger partial charge >= 0.3 is 0 Å². The largest absolute Gasteiger partial charge is 0.360 e. The summed E-state index contributed by atoms with van der Waals surface area (Å²) >= 11 is 7.54. The Morgan fingerprint density at radius 1 is 1.52 bits per heavy atom. The number of halogens is 2. The number of rotatable bonds is 8. The minimum atomic E-state index is -1.01. The van der Waals surface area contributed by atoms with Gasteiger partial charge in [0, 0.05) is 19.2 Å². The lowest BCUT2D eigenvalue weighted by molar-refractivity contribution is 0.155.